The van der Waals surface area contributed by atoms with Crippen molar-refractivity contribution >= 4 is 11.6 Å². The number of nitrogens with zero attached hydrogens (tertiary/aromatic N) is 2. The van der Waals surface area contributed by atoms with Crippen molar-refractivity contribution in [2.24, 2.45) is 5.73 Å². The van der Waals surface area contributed by atoms with Crippen LogP contribution >= 0.6 is 0 Å². The van der Waals surface area contributed by atoms with E-state index in [0.29, 0.717) is 12.4 Å². The Kier molecular flexibility index (Phi) is 1.97. The number of aromatic nitrogens is 3. The summed E-state index contributed by atoms with van der Waals surface area (Å²) in [6.07, 6.45) is 4.57. The molecule has 6 heteroatoms. The second-order valence-electron chi connectivity index (χ2n) is 2.46. The molecule has 0 bridgehead atoms. The predicted octanol–water partition coefficient (Wildman–Crippen LogP) is 0.600. The predicted molar refractivity (Wildman–Crippen MR) is 46.3 cm³/mol. The van der Waals surface area contributed by atoms with Crippen molar-refractivity contribution in [3.8, 4) is 0 Å². The number of H-pyrrole nitrogens is 1. The number of nitrogens with two attached hydrogens (primary N) is 1. The van der Waals surface area contributed by atoms with Gasteiger partial charge in [-0.2, -0.15) is 5.10 Å². The summed E-state index contributed by atoms with van der Waals surface area (Å²) in [7, 11) is 0. The van der Waals surface area contributed by atoms with Gasteiger partial charge in [-0.3, -0.25) is 5.10 Å². The van der Waals surface area contributed by atoms with Crippen LogP contribution < -0.4 is 11.1 Å². The lowest BCUT2D eigenvalue weighted by atomic mass is 10.4. The number of rotatable bonds is 3. The molecule has 6 nitrogen and oxygen atoms in total. The van der Waals surface area contributed by atoms with E-state index in [9.17, 15) is 0 Å². The minimum Gasteiger partial charge on any atom is -0.428 e. The molecule has 13 heavy (non-hydrogen) atoms. The first kappa shape index (κ1) is 7.81. The fraction of sp³-hybridized carbons (Fsp3) is 0.143. The van der Waals surface area contributed by atoms with Crippen LogP contribution in [0.5, 0.6) is 0 Å². The fourth-order valence-corrected chi connectivity index (χ4v) is 0.986. The Morgan fingerprint density at radius 2 is 2.46 bits per heavy atom. The van der Waals surface area contributed by atoms with E-state index in [-0.39, 0.29) is 0 Å². The Morgan fingerprint density at radius 3 is 3.15 bits per heavy atom. The lowest BCUT2D eigenvalue weighted by Gasteiger charge is -1.99. The van der Waals surface area contributed by atoms with Crippen molar-refractivity contribution in [2.45, 2.75) is 6.54 Å². The van der Waals surface area contributed by atoms with Gasteiger partial charge in [0.15, 0.2) is 6.39 Å². The third-order valence-corrected chi connectivity index (χ3v) is 1.61. The normalized spacial score (nSPS) is 10.2. The van der Waals surface area contributed by atoms with Gasteiger partial charge in [-0.1, -0.05) is 0 Å². The van der Waals surface area contributed by atoms with Gasteiger partial charge < -0.3 is 15.5 Å². The topological polar surface area (TPSA) is 92.8 Å². The number of aromatic amines is 1. The van der Waals surface area contributed by atoms with Crippen molar-refractivity contribution < 1.29 is 4.42 Å². The molecular weight excluding hydrogens is 170 g/mol. The summed E-state index contributed by atoms with van der Waals surface area (Å²) in [5.74, 6) is 0.566. The zero-order valence-electron chi connectivity index (χ0n) is 6.82. The first-order valence-corrected chi connectivity index (χ1v) is 3.78. The molecule has 2 heterocycles. The molecule has 2 aromatic heterocycles. The van der Waals surface area contributed by atoms with Crippen LogP contribution in [-0.4, -0.2) is 15.2 Å². The van der Waals surface area contributed by atoms with E-state index in [2.05, 4.69) is 20.5 Å². The van der Waals surface area contributed by atoms with Gasteiger partial charge >= 0.3 is 0 Å². The van der Waals surface area contributed by atoms with Crippen molar-refractivity contribution in [2.75, 3.05) is 5.32 Å². The van der Waals surface area contributed by atoms with Gasteiger partial charge in [0.2, 0.25) is 5.88 Å². The van der Waals surface area contributed by atoms with Gasteiger partial charge in [0.25, 0.3) is 0 Å². The molecule has 0 spiro atoms. The molecule has 0 atom stereocenters. The van der Waals surface area contributed by atoms with Gasteiger partial charge in [-0.05, 0) is 0 Å². The number of hydrogen-bond acceptors (Lipinski definition) is 5. The maximum atomic E-state index is 5.47. The van der Waals surface area contributed by atoms with E-state index < -0.39 is 0 Å². The minimum atomic E-state index is 0.399. The maximum Gasteiger partial charge on any atom is 0.217 e. The fourth-order valence-electron chi connectivity index (χ4n) is 0.986. The van der Waals surface area contributed by atoms with Crippen LogP contribution in [-0.2, 0) is 6.54 Å². The molecule has 0 amide bonds. The molecule has 2 rings (SSSR count). The molecule has 68 valence electrons. The lowest BCUT2D eigenvalue weighted by Crippen LogP contribution is -2.00. The molecule has 0 unspecified atom stereocenters. The summed E-state index contributed by atoms with van der Waals surface area (Å²) < 4.78 is 5.00. The van der Waals surface area contributed by atoms with Crippen molar-refractivity contribution in [1.29, 1.82) is 0 Å². The summed E-state index contributed by atoms with van der Waals surface area (Å²) in [4.78, 5) is 3.77. The smallest absolute Gasteiger partial charge is 0.217 e. The van der Waals surface area contributed by atoms with Crippen LogP contribution in [0.25, 0.3) is 0 Å². The van der Waals surface area contributed by atoms with Gasteiger partial charge in [-0.25, -0.2) is 4.98 Å². The van der Waals surface area contributed by atoms with E-state index >= 15 is 0 Å². The third-order valence-electron chi connectivity index (χ3n) is 1.61. The Bertz CT molecular complexity index is 366. The maximum absolute atomic E-state index is 5.47. The second-order valence-corrected chi connectivity index (χ2v) is 2.46. The highest BCUT2D eigenvalue weighted by molar-refractivity contribution is 5.55. The molecule has 0 saturated carbocycles. The van der Waals surface area contributed by atoms with Crippen LogP contribution in [0.15, 0.2) is 23.2 Å². The highest BCUT2D eigenvalue weighted by Gasteiger charge is 2.04. The zero-order valence-corrected chi connectivity index (χ0v) is 6.82. The SMILES string of the molecule is NCc1[nH]ncc1Nc1cnco1. The molecule has 0 aromatic carbocycles. The first-order chi connectivity index (χ1) is 6.40. The van der Waals surface area contributed by atoms with E-state index in [1.165, 1.54) is 6.39 Å². The molecule has 0 aliphatic rings. The highest BCUT2D eigenvalue weighted by atomic mass is 16.4. The molecule has 0 saturated heterocycles. The summed E-state index contributed by atoms with van der Waals surface area (Å²) in [5, 5.41) is 9.59. The van der Waals surface area contributed by atoms with Crippen LogP contribution in [0.2, 0.25) is 0 Å². The second kappa shape index (κ2) is 3.28. The minimum absolute atomic E-state index is 0.399. The standard InChI is InChI=1S/C7H9N5O/c8-1-5-6(2-10-12-5)11-7-3-9-4-13-7/h2-4,11H,1,8H2,(H,10,12). The summed E-state index contributed by atoms with van der Waals surface area (Å²) in [6, 6.07) is 0. The Labute approximate surface area is 74.2 Å². The van der Waals surface area contributed by atoms with E-state index in [0.717, 1.165) is 11.4 Å². The Hall–Kier alpha value is -1.82. The largest absolute Gasteiger partial charge is 0.428 e. The summed E-state index contributed by atoms with van der Waals surface area (Å²) in [6.45, 7) is 0.399. The third kappa shape index (κ3) is 1.52. The van der Waals surface area contributed by atoms with E-state index in [1.54, 1.807) is 12.4 Å². The quantitative estimate of drug-likeness (QED) is 0.641. The average Bonchev–Trinajstić information content (AvgIpc) is 2.76. The van der Waals surface area contributed by atoms with Crippen LogP contribution in [0.3, 0.4) is 0 Å². The van der Waals surface area contributed by atoms with Crippen LogP contribution in [0.1, 0.15) is 5.69 Å². The molecule has 0 aliphatic carbocycles. The van der Waals surface area contributed by atoms with E-state index in [4.69, 9.17) is 10.2 Å². The van der Waals surface area contributed by atoms with Crippen LogP contribution in [0, 0.1) is 0 Å². The highest BCUT2D eigenvalue weighted by Crippen LogP contribution is 2.17. The first-order valence-electron chi connectivity index (χ1n) is 3.78. The van der Waals surface area contributed by atoms with Gasteiger partial charge in [0, 0.05) is 6.54 Å². The number of oxazole rings is 1. The number of nitrogens with one attached hydrogen (secondary N) is 2. The van der Waals surface area contributed by atoms with Crippen LogP contribution in [0.4, 0.5) is 11.6 Å². The van der Waals surface area contributed by atoms with Crippen molar-refractivity contribution in [1.82, 2.24) is 15.2 Å². The Morgan fingerprint density at radius 1 is 1.54 bits per heavy atom. The lowest BCUT2D eigenvalue weighted by molar-refractivity contribution is 0.574. The van der Waals surface area contributed by atoms with Crippen molar-refractivity contribution in [3.63, 3.8) is 0 Å². The summed E-state index contributed by atoms with van der Waals surface area (Å²) in [5.41, 5.74) is 7.10. The van der Waals surface area contributed by atoms with Gasteiger partial charge in [-0.15, -0.1) is 0 Å². The number of anilines is 2. The average molecular weight is 179 g/mol. The van der Waals surface area contributed by atoms with E-state index in [1.807, 2.05) is 0 Å². The Balaban J connectivity index is 2.18. The molecule has 2 aromatic rings. The van der Waals surface area contributed by atoms with Crippen molar-refractivity contribution in [3.05, 3.63) is 24.5 Å². The summed E-state index contributed by atoms with van der Waals surface area (Å²) >= 11 is 0. The zero-order chi connectivity index (χ0) is 9.10. The number of hydrogen-bond donors (Lipinski definition) is 3. The molecule has 0 radical (unpaired) electrons. The van der Waals surface area contributed by atoms with Gasteiger partial charge in [0.05, 0.1) is 23.8 Å². The van der Waals surface area contributed by atoms with Gasteiger partial charge in [0.1, 0.15) is 0 Å². The molecule has 0 aliphatic heterocycles. The monoisotopic (exact) mass is 179 g/mol. The molecular formula is C7H9N5O. The molecule has 0 fully saturated rings. The molecule has 4 N–H and O–H groups in total.